The monoisotopic (exact) mass is 397 g/mol. The van der Waals surface area contributed by atoms with Gasteiger partial charge in [-0.15, -0.1) is 0 Å². The number of carbonyl (C=O) groups is 1. The third-order valence-electron chi connectivity index (χ3n) is 6.27. The fraction of sp³-hybridized carbons (Fsp3) is 0.545. The fourth-order valence-corrected chi connectivity index (χ4v) is 4.48. The third kappa shape index (κ3) is 4.10. The second-order valence-electron chi connectivity index (χ2n) is 8.04. The Morgan fingerprint density at radius 3 is 2.59 bits per heavy atom. The number of nitrogens with zero attached hydrogens (tertiary/aromatic N) is 5. The number of piperazine rings is 1. The molecule has 1 unspecified atom stereocenters. The van der Waals surface area contributed by atoms with Crippen molar-refractivity contribution >= 4 is 11.6 Å². The molecule has 2 aliphatic rings. The Morgan fingerprint density at radius 2 is 1.90 bits per heavy atom. The van der Waals surface area contributed by atoms with Crippen LogP contribution in [-0.4, -0.2) is 77.9 Å². The van der Waals surface area contributed by atoms with Gasteiger partial charge >= 0.3 is 0 Å². The molecule has 1 aromatic carbocycles. The molecule has 2 aliphatic heterocycles. The molecule has 0 radical (unpaired) electrons. The van der Waals surface area contributed by atoms with Gasteiger partial charge in [0.25, 0.3) is 5.91 Å². The van der Waals surface area contributed by atoms with E-state index in [0.29, 0.717) is 11.7 Å². The molecular formula is C22H31N5O2. The minimum atomic E-state index is 0.0612. The molecule has 7 heteroatoms. The fourth-order valence-electron chi connectivity index (χ4n) is 4.48. The quantitative estimate of drug-likeness (QED) is 0.791. The Labute approximate surface area is 172 Å². The maximum Gasteiger partial charge on any atom is 0.274 e. The molecule has 4 rings (SSSR count). The zero-order chi connectivity index (χ0) is 20.4. The first kappa shape index (κ1) is 19.8. The standard InChI is InChI=1S/C22H31N5O2/c1-17-15-19(23-24(17)2)22(28)27-10-6-7-18(16-27)25-11-13-26(14-12-25)20-8-4-5-9-21(20)29-3/h4-5,8-9,15,18H,6-7,10-14,16H2,1-3H3. The molecule has 2 aromatic rings. The molecule has 1 aromatic heterocycles. The van der Waals surface area contributed by atoms with Crippen molar-refractivity contribution in [2.24, 2.45) is 7.05 Å². The largest absolute Gasteiger partial charge is 0.495 e. The highest BCUT2D eigenvalue weighted by Gasteiger charge is 2.31. The first-order chi connectivity index (χ1) is 14.1. The average molecular weight is 398 g/mol. The van der Waals surface area contributed by atoms with E-state index in [-0.39, 0.29) is 5.91 Å². The summed E-state index contributed by atoms with van der Waals surface area (Å²) in [4.78, 5) is 19.9. The Hall–Kier alpha value is -2.54. The van der Waals surface area contributed by atoms with Crippen LogP contribution < -0.4 is 9.64 Å². The molecule has 156 valence electrons. The van der Waals surface area contributed by atoms with Crippen LogP contribution in [0.15, 0.2) is 30.3 Å². The number of benzene rings is 1. The van der Waals surface area contributed by atoms with Crippen LogP contribution in [0.5, 0.6) is 5.75 Å². The zero-order valence-electron chi connectivity index (χ0n) is 17.7. The van der Waals surface area contributed by atoms with Gasteiger partial charge in [-0.25, -0.2) is 0 Å². The van der Waals surface area contributed by atoms with Crippen molar-refractivity contribution in [3.05, 3.63) is 41.7 Å². The number of ether oxygens (including phenoxy) is 1. The van der Waals surface area contributed by atoms with Crippen molar-refractivity contribution in [1.82, 2.24) is 19.6 Å². The lowest BCUT2D eigenvalue weighted by molar-refractivity contribution is 0.0557. The predicted molar refractivity (Wildman–Crippen MR) is 114 cm³/mol. The highest BCUT2D eigenvalue weighted by Crippen LogP contribution is 2.29. The van der Waals surface area contributed by atoms with Gasteiger partial charge < -0.3 is 14.5 Å². The van der Waals surface area contributed by atoms with E-state index in [1.807, 2.05) is 37.1 Å². The molecule has 0 spiro atoms. The number of piperidine rings is 1. The van der Waals surface area contributed by atoms with Crippen LogP contribution in [0.2, 0.25) is 0 Å². The topological polar surface area (TPSA) is 53.8 Å². The minimum Gasteiger partial charge on any atom is -0.495 e. The predicted octanol–water partition coefficient (Wildman–Crippen LogP) is 2.16. The molecule has 2 saturated heterocycles. The third-order valence-corrected chi connectivity index (χ3v) is 6.27. The van der Waals surface area contributed by atoms with Crippen molar-refractivity contribution in [2.75, 3.05) is 51.3 Å². The van der Waals surface area contributed by atoms with Gasteiger partial charge in [-0.05, 0) is 38.0 Å². The van der Waals surface area contributed by atoms with Crippen LogP contribution in [-0.2, 0) is 7.05 Å². The van der Waals surface area contributed by atoms with E-state index in [9.17, 15) is 4.79 Å². The molecule has 1 amide bonds. The van der Waals surface area contributed by atoms with Crippen LogP contribution >= 0.6 is 0 Å². The number of carbonyl (C=O) groups excluding carboxylic acids is 1. The number of hydrogen-bond donors (Lipinski definition) is 0. The number of hydrogen-bond acceptors (Lipinski definition) is 5. The van der Waals surface area contributed by atoms with Crippen LogP contribution in [0, 0.1) is 6.92 Å². The summed E-state index contributed by atoms with van der Waals surface area (Å²) >= 11 is 0. The first-order valence-electron chi connectivity index (χ1n) is 10.5. The Bertz CT molecular complexity index is 837. The van der Waals surface area contributed by atoms with Crippen molar-refractivity contribution in [2.45, 2.75) is 25.8 Å². The number of amides is 1. The molecular weight excluding hydrogens is 366 g/mol. The van der Waals surface area contributed by atoms with Gasteiger partial charge in [0.05, 0.1) is 12.8 Å². The second kappa shape index (κ2) is 8.45. The lowest BCUT2D eigenvalue weighted by atomic mass is 10.0. The maximum atomic E-state index is 12.9. The molecule has 0 bridgehead atoms. The van der Waals surface area contributed by atoms with Gasteiger partial charge in [-0.1, -0.05) is 12.1 Å². The Kier molecular flexibility index (Phi) is 5.76. The van der Waals surface area contributed by atoms with Gasteiger partial charge in [0.15, 0.2) is 5.69 Å². The summed E-state index contributed by atoms with van der Waals surface area (Å²) in [5.74, 6) is 0.993. The summed E-state index contributed by atoms with van der Waals surface area (Å²) in [5, 5.41) is 4.38. The summed E-state index contributed by atoms with van der Waals surface area (Å²) in [6.45, 7) is 7.56. The van der Waals surface area contributed by atoms with Crippen molar-refractivity contribution < 1.29 is 9.53 Å². The van der Waals surface area contributed by atoms with E-state index in [1.54, 1.807) is 11.8 Å². The molecule has 3 heterocycles. The Balaban J connectivity index is 1.37. The number of methoxy groups -OCH3 is 1. The van der Waals surface area contributed by atoms with Crippen LogP contribution in [0.4, 0.5) is 5.69 Å². The average Bonchev–Trinajstić information content (AvgIpc) is 3.11. The molecule has 2 fully saturated rings. The first-order valence-corrected chi connectivity index (χ1v) is 10.5. The van der Waals surface area contributed by atoms with E-state index in [0.717, 1.165) is 63.6 Å². The van der Waals surface area contributed by atoms with Crippen LogP contribution in [0.1, 0.15) is 29.0 Å². The van der Waals surface area contributed by atoms with Crippen LogP contribution in [0.3, 0.4) is 0 Å². The molecule has 0 aliphatic carbocycles. The normalized spacial score (nSPS) is 20.7. The minimum absolute atomic E-state index is 0.0612. The number of aromatic nitrogens is 2. The molecule has 29 heavy (non-hydrogen) atoms. The van der Waals surface area contributed by atoms with Gasteiger partial charge in [-0.2, -0.15) is 5.10 Å². The smallest absolute Gasteiger partial charge is 0.274 e. The van der Waals surface area contributed by atoms with E-state index >= 15 is 0 Å². The molecule has 0 N–H and O–H groups in total. The van der Waals surface area contributed by atoms with Crippen molar-refractivity contribution in [1.29, 1.82) is 0 Å². The van der Waals surface area contributed by atoms with Crippen molar-refractivity contribution in [3.63, 3.8) is 0 Å². The van der Waals surface area contributed by atoms with E-state index in [2.05, 4.69) is 27.0 Å². The lowest BCUT2D eigenvalue weighted by Crippen LogP contribution is -2.56. The van der Waals surface area contributed by atoms with Gasteiger partial charge in [0.2, 0.25) is 0 Å². The summed E-state index contributed by atoms with van der Waals surface area (Å²) in [5.41, 5.74) is 2.74. The van der Waals surface area contributed by atoms with E-state index < -0.39 is 0 Å². The highest BCUT2D eigenvalue weighted by atomic mass is 16.5. The summed E-state index contributed by atoms with van der Waals surface area (Å²) in [6, 6.07) is 10.5. The second-order valence-corrected chi connectivity index (χ2v) is 8.04. The summed E-state index contributed by atoms with van der Waals surface area (Å²) < 4.78 is 7.30. The van der Waals surface area contributed by atoms with Gasteiger partial charge in [-0.3, -0.25) is 14.4 Å². The summed E-state index contributed by atoms with van der Waals surface area (Å²) in [6.07, 6.45) is 2.20. The van der Waals surface area contributed by atoms with Crippen molar-refractivity contribution in [3.8, 4) is 5.75 Å². The number of anilines is 1. The molecule has 7 nitrogen and oxygen atoms in total. The highest BCUT2D eigenvalue weighted by molar-refractivity contribution is 5.92. The molecule has 0 saturated carbocycles. The number of rotatable bonds is 4. The SMILES string of the molecule is COc1ccccc1N1CCN(C2CCCN(C(=O)c3cc(C)n(C)n3)C2)CC1. The lowest BCUT2D eigenvalue weighted by Gasteiger charge is -2.44. The maximum absolute atomic E-state index is 12.9. The van der Waals surface area contributed by atoms with Gasteiger partial charge in [0.1, 0.15) is 5.75 Å². The zero-order valence-corrected chi connectivity index (χ0v) is 17.7. The number of likely N-dealkylation sites (tertiary alicyclic amines) is 1. The van der Waals surface area contributed by atoms with E-state index in [4.69, 9.17) is 4.74 Å². The molecule has 1 atom stereocenters. The number of aryl methyl sites for hydroxylation is 2. The summed E-state index contributed by atoms with van der Waals surface area (Å²) in [7, 11) is 3.61. The number of para-hydroxylation sites is 2. The van der Waals surface area contributed by atoms with Crippen LogP contribution in [0.25, 0.3) is 0 Å². The Morgan fingerprint density at radius 1 is 1.14 bits per heavy atom. The van der Waals surface area contributed by atoms with Gasteiger partial charge in [0, 0.05) is 58.1 Å². The van der Waals surface area contributed by atoms with E-state index in [1.165, 1.54) is 5.69 Å².